The minimum Gasteiger partial charge on any atom is -0.514 e. The van der Waals surface area contributed by atoms with Crippen LogP contribution < -0.4 is 5.32 Å². The van der Waals surface area contributed by atoms with Crippen LogP contribution in [0.5, 0.6) is 0 Å². The first kappa shape index (κ1) is 7.34. The third kappa shape index (κ3) is 2.50. The Morgan fingerprint density at radius 1 is 1.75 bits per heavy atom. The Morgan fingerprint density at radius 3 is 2.50 bits per heavy atom. The summed E-state index contributed by atoms with van der Waals surface area (Å²) in [5, 5.41) is 11.3. The Morgan fingerprint density at radius 2 is 2.38 bits per heavy atom. The van der Waals surface area contributed by atoms with Crippen LogP contribution in [0.4, 0.5) is 0 Å². The number of nitrogens with one attached hydrogen (secondary N) is 1. The summed E-state index contributed by atoms with van der Waals surface area (Å²) in [5.74, 6) is 0. The van der Waals surface area contributed by atoms with Crippen LogP contribution >= 0.6 is 0 Å². The van der Waals surface area contributed by atoms with Crippen LogP contribution in [0.3, 0.4) is 0 Å². The molecule has 0 bridgehead atoms. The van der Waals surface area contributed by atoms with E-state index < -0.39 is 0 Å². The van der Waals surface area contributed by atoms with E-state index in [1.807, 2.05) is 0 Å². The van der Waals surface area contributed by atoms with Gasteiger partial charge in [-0.25, -0.2) is 0 Å². The van der Waals surface area contributed by atoms with E-state index in [1.165, 1.54) is 0 Å². The summed E-state index contributed by atoms with van der Waals surface area (Å²) in [4.78, 5) is 0. The monoisotopic (exact) mass is 115 g/mol. The summed E-state index contributed by atoms with van der Waals surface area (Å²) in [6.07, 6.45) is 3.10. The van der Waals surface area contributed by atoms with Gasteiger partial charge in [-0.3, -0.25) is 0 Å². The largest absolute Gasteiger partial charge is 0.514 e. The van der Waals surface area contributed by atoms with E-state index >= 15 is 0 Å². The zero-order valence-corrected chi connectivity index (χ0v) is 5.44. The van der Waals surface area contributed by atoms with Gasteiger partial charge in [-0.05, 0) is 6.42 Å². The molecule has 0 saturated carbocycles. The molecule has 8 heavy (non-hydrogen) atoms. The molecule has 2 nitrogen and oxygen atoms in total. The molecule has 2 N–H and O–H groups in total. The quantitative estimate of drug-likeness (QED) is 0.545. The van der Waals surface area contributed by atoms with Crippen molar-refractivity contribution in [1.82, 2.24) is 5.32 Å². The number of hydrogen-bond donors (Lipinski definition) is 2. The first-order valence-electron chi connectivity index (χ1n) is 2.86. The maximum Gasteiger partial charge on any atom is 0.0980 e. The molecule has 48 valence electrons. The van der Waals surface area contributed by atoms with E-state index in [1.54, 1.807) is 7.05 Å². The highest BCUT2D eigenvalue weighted by atomic mass is 16.2. The van der Waals surface area contributed by atoms with Gasteiger partial charge in [-0.15, -0.1) is 0 Å². The lowest BCUT2D eigenvalue weighted by Crippen LogP contribution is -2.04. The number of hydrogen-bond acceptors (Lipinski definition) is 2. The van der Waals surface area contributed by atoms with Crippen molar-refractivity contribution in [3.63, 3.8) is 0 Å². The second kappa shape index (κ2) is 4.50. The van der Waals surface area contributed by atoms with Crippen molar-refractivity contribution in [2.75, 3.05) is 7.05 Å². The highest BCUT2D eigenvalue weighted by Crippen LogP contribution is 1.96. The molecule has 0 radical (unpaired) electrons. The van der Waals surface area contributed by atoms with Gasteiger partial charge in [-0.2, -0.15) is 0 Å². The van der Waals surface area contributed by atoms with E-state index in [-0.39, 0.29) is 0 Å². The van der Waals surface area contributed by atoms with Crippen LogP contribution in [0.25, 0.3) is 0 Å². The van der Waals surface area contributed by atoms with E-state index in [2.05, 4.69) is 12.2 Å². The molecule has 0 rings (SSSR count). The van der Waals surface area contributed by atoms with Gasteiger partial charge in [0.05, 0.1) is 6.26 Å². The molecule has 0 aromatic rings. The van der Waals surface area contributed by atoms with Crippen molar-refractivity contribution in [2.45, 2.75) is 19.8 Å². The van der Waals surface area contributed by atoms with E-state index in [9.17, 15) is 0 Å². The molecular weight excluding hydrogens is 102 g/mol. The Labute approximate surface area is 50.2 Å². The van der Waals surface area contributed by atoms with Gasteiger partial charge in [0.25, 0.3) is 0 Å². The molecular formula is C6H13NO. The van der Waals surface area contributed by atoms with Gasteiger partial charge in [0.15, 0.2) is 0 Å². The molecule has 0 aliphatic heterocycles. The first-order chi connectivity index (χ1) is 3.85. The van der Waals surface area contributed by atoms with Gasteiger partial charge in [0.1, 0.15) is 0 Å². The van der Waals surface area contributed by atoms with Crippen molar-refractivity contribution in [1.29, 1.82) is 0 Å². The minimum absolute atomic E-state index is 0.896. The summed E-state index contributed by atoms with van der Waals surface area (Å²) in [6.45, 7) is 2.07. The molecule has 0 atom stereocenters. The fourth-order valence-corrected chi connectivity index (χ4v) is 0.523. The molecule has 0 fully saturated rings. The zero-order valence-electron chi connectivity index (χ0n) is 5.44. The topological polar surface area (TPSA) is 32.3 Å². The molecule has 0 aliphatic carbocycles. The second-order valence-corrected chi connectivity index (χ2v) is 1.65. The number of aliphatic hydroxyl groups is 1. The predicted molar refractivity (Wildman–Crippen MR) is 34.7 cm³/mol. The Hall–Kier alpha value is -0.660. The molecule has 0 aromatic carbocycles. The summed E-state index contributed by atoms with van der Waals surface area (Å²) in [5.41, 5.74) is 0.896. The fourth-order valence-electron chi connectivity index (χ4n) is 0.523. The lowest BCUT2D eigenvalue weighted by Gasteiger charge is -1.99. The van der Waals surface area contributed by atoms with Gasteiger partial charge in [0, 0.05) is 12.7 Å². The third-order valence-corrected chi connectivity index (χ3v) is 0.996. The van der Waals surface area contributed by atoms with Gasteiger partial charge < -0.3 is 10.4 Å². The van der Waals surface area contributed by atoms with E-state index in [0.717, 1.165) is 24.8 Å². The average Bonchev–Trinajstić information content (AvgIpc) is 1.83. The highest BCUT2D eigenvalue weighted by molar-refractivity contribution is 4.91. The molecule has 2 heteroatoms. The van der Waals surface area contributed by atoms with Gasteiger partial charge in [-0.1, -0.05) is 13.3 Å². The van der Waals surface area contributed by atoms with Crippen LogP contribution in [0.2, 0.25) is 0 Å². The van der Waals surface area contributed by atoms with Crippen molar-refractivity contribution >= 4 is 0 Å². The normalized spacial score (nSPS) is 11.5. The Bertz CT molecular complexity index is 78.6. The van der Waals surface area contributed by atoms with Gasteiger partial charge in [0.2, 0.25) is 0 Å². The van der Waals surface area contributed by atoms with Crippen molar-refractivity contribution in [3.8, 4) is 0 Å². The average molecular weight is 115 g/mol. The number of allylic oxidation sites excluding steroid dienone is 1. The first-order valence-corrected chi connectivity index (χ1v) is 2.86. The molecule has 0 amide bonds. The Kier molecular flexibility index (Phi) is 4.13. The standard InChI is InChI=1S/C6H13NO/c1-3-4-6(5-8)7-2/h5,7-8H,3-4H2,1-2H3/b6-5-. The SMILES string of the molecule is CCC/C(=C/O)NC. The van der Waals surface area contributed by atoms with Crippen LogP contribution in [-0.4, -0.2) is 12.2 Å². The van der Waals surface area contributed by atoms with Gasteiger partial charge >= 0.3 is 0 Å². The van der Waals surface area contributed by atoms with E-state index in [0.29, 0.717) is 0 Å². The summed E-state index contributed by atoms with van der Waals surface area (Å²) >= 11 is 0. The number of rotatable bonds is 3. The van der Waals surface area contributed by atoms with Crippen LogP contribution in [0.15, 0.2) is 12.0 Å². The molecule has 0 aromatic heterocycles. The molecule has 0 saturated heterocycles. The lowest BCUT2D eigenvalue weighted by molar-refractivity contribution is 0.458. The zero-order chi connectivity index (χ0) is 6.41. The van der Waals surface area contributed by atoms with Crippen LogP contribution in [0, 0.1) is 0 Å². The number of aliphatic hydroxyl groups excluding tert-OH is 1. The van der Waals surface area contributed by atoms with E-state index in [4.69, 9.17) is 5.11 Å². The molecule has 0 aliphatic rings. The van der Waals surface area contributed by atoms with Crippen LogP contribution in [0.1, 0.15) is 19.8 Å². The summed E-state index contributed by atoms with van der Waals surface area (Å²) < 4.78 is 0. The molecule has 0 spiro atoms. The Balaban J connectivity index is 3.38. The second-order valence-electron chi connectivity index (χ2n) is 1.65. The lowest BCUT2D eigenvalue weighted by atomic mass is 10.3. The van der Waals surface area contributed by atoms with Crippen molar-refractivity contribution in [3.05, 3.63) is 12.0 Å². The van der Waals surface area contributed by atoms with Crippen molar-refractivity contribution in [2.24, 2.45) is 0 Å². The summed E-state index contributed by atoms with van der Waals surface area (Å²) in [7, 11) is 1.80. The maximum absolute atomic E-state index is 8.43. The predicted octanol–water partition coefficient (Wildman–Crippen LogP) is 1.41. The fraction of sp³-hybridized carbons (Fsp3) is 0.667. The van der Waals surface area contributed by atoms with Crippen molar-refractivity contribution < 1.29 is 5.11 Å². The molecule has 0 heterocycles. The minimum atomic E-state index is 0.896. The third-order valence-electron chi connectivity index (χ3n) is 0.996. The van der Waals surface area contributed by atoms with Crippen LogP contribution in [-0.2, 0) is 0 Å². The highest BCUT2D eigenvalue weighted by Gasteiger charge is 1.87. The molecule has 0 unspecified atom stereocenters. The maximum atomic E-state index is 8.43. The smallest absolute Gasteiger partial charge is 0.0980 e. The summed E-state index contributed by atoms with van der Waals surface area (Å²) in [6, 6.07) is 0.